The summed E-state index contributed by atoms with van der Waals surface area (Å²) < 4.78 is 0. The molecular weight excluding hydrogens is 224 g/mol. The molecule has 0 spiro atoms. The van der Waals surface area contributed by atoms with Crippen LogP contribution < -0.4 is 10.6 Å². The van der Waals surface area contributed by atoms with Crippen LogP contribution in [0.1, 0.15) is 25.6 Å². The molecular formula is C14H26N4. The van der Waals surface area contributed by atoms with E-state index in [1.807, 2.05) is 13.2 Å². The van der Waals surface area contributed by atoms with E-state index in [0.717, 1.165) is 32.7 Å². The van der Waals surface area contributed by atoms with E-state index in [-0.39, 0.29) is 5.41 Å². The molecule has 4 nitrogen and oxygen atoms in total. The van der Waals surface area contributed by atoms with Gasteiger partial charge in [-0.2, -0.15) is 0 Å². The highest BCUT2D eigenvalue weighted by Crippen LogP contribution is 2.33. The number of rotatable bonds is 5. The first-order valence-corrected chi connectivity index (χ1v) is 6.87. The maximum Gasteiger partial charge on any atom is 0.0534 e. The number of aromatic amines is 1. The van der Waals surface area contributed by atoms with Crippen LogP contribution in [0.4, 0.5) is 0 Å². The Morgan fingerprint density at radius 1 is 1.39 bits per heavy atom. The number of hydrogen-bond acceptors (Lipinski definition) is 3. The van der Waals surface area contributed by atoms with Gasteiger partial charge in [-0.3, -0.25) is 0 Å². The van der Waals surface area contributed by atoms with Gasteiger partial charge in [-0.1, -0.05) is 13.8 Å². The van der Waals surface area contributed by atoms with Gasteiger partial charge in [0.15, 0.2) is 0 Å². The lowest BCUT2D eigenvalue weighted by Crippen LogP contribution is -2.49. The van der Waals surface area contributed by atoms with E-state index >= 15 is 0 Å². The van der Waals surface area contributed by atoms with Crippen LogP contribution >= 0.6 is 0 Å². The van der Waals surface area contributed by atoms with Crippen LogP contribution in [-0.4, -0.2) is 49.7 Å². The van der Waals surface area contributed by atoms with E-state index in [2.05, 4.69) is 46.5 Å². The van der Waals surface area contributed by atoms with Crippen LogP contribution in [0.15, 0.2) is 18.3 Å². The molecule has 0 amide bonds. The molecule has 102 valence electrons. The highest BCUT2D eigenvalue weighted by molar-refractivity contribution is 5.12. The Morgan fingerprint density at radius 3 is 2.67 bits per heavy atom. The number of aromatic nitrogens is 1. The fourth-order valence-electron chi connectivity index (χ4n) is 3.03. The minimum absolute atomic E-state index is 0.205. The lowest BCUT2D eigenvalue weighted by molar-refractivity contribution is 0.126. The summed E-state index contributed by atoms with van der Waals surface area (Å²) in [6, 6.07) is 4.60. The molecule has 1 fully saturated rings. The van der Waals surface area contributed by atoms with Crippen molar-refractivity contribution in [2.45, 2.75) is 19.9 Å². The molecule has 3 N–H and O–H groups in total. The van der Waals surface area contributed by atoms with Crippen molar-refractivity contribution in [3.05, 3.63) is 24.0 Å². The lowest BCUT2D eigenvalue weighted by Gasteiger charge is -2.39. The summed E-state index contributed by atoms with van der Waals surface area (Å²) in [4.78, 5) is 5.90. The maximum absolute atomic E-state index is 3.46. The highest BCUT2D eigenvalue weighted by Gasteiger charge is 2.32. The Bertz CT molecular complexity index is 339. The van der Waals surface area contributed by atoms with Crippen molar-refractivity contribution in [3.8, 4) is 0 Å². The van der Waals surface area contributed by atoms with Gasteiger partial charge in [0.2, 0.25) is 0 Å². The van der Waals surface area contributed by atoms with Crippen LogP contribution in [0.25, 0.3) is 0 Å². The van der Waals surface area contributed by atoms with Crippen molar-refractivity contribution < 1.29 is 0 Å². The quantitative estimate of drug-likeness (QED) is 0.736. The molecule has 0 saturated carbocycles. The predicted octanol–water partition coefficient (Wildman–Crippen LogP) is 1.21. The minimum Gasteiger partial charge on any atom is -0.364 e. The molecule has 1 aliphatic rings. The summed E-state index contributed by atoms with van der Waals surface area (Å²) in [5, 5.41) is 6.87. The average molecular weight is 250 g/mol. The van der Waals surface area contributed by atoms with Crippen molar-refractivity contribution >= 4 is 0 Å². The van der Waals surface area contributed by atoms with Crippen LogP contribution in [0.3, 0.4) is 0 Å². The molecule has 1 atom stereocenters. The van der Waals surface area contributed by atoms with Crippen LogP contribution in [-0.2, 0) is 0 Å². The second-order valence-corrected chi connectivity index (χ2v) is 5.86. The zero-order valence-electron chi connectivity index (χ0n) is 11.8. The maximum atomic E-state index is 3.46. The third kappa shape index (κ3) is 3.13. The smallest absolute Gasteiger partial charge is 0.0534 e. The molecule has 0 aliphatic carbocycles. The molecule has 1 saturated heterocycles. The van der Waals surface area contributed by atoms with Gasteiger partial charge in [0.05, 0.1) is 6.04 Å². The van der Waals surface area contributed by atoms with E-state index in [1.54, 1.807) is 0 Å². The molecule has 1 aromatic rings. The van der Waals surface area contributed by atoms with E-state index < -0.39 is 0 Å². The third-order valence-electron chi connectivity index (χ3n) is 3.84. The highest BCUT2D eigenvalue weighted by atomic mass is 15.2. The largest absolute Gasteiger partial charge is 0.364 e. The third-order valence-corrected chi connectivity index (χ3v) is 3.84. The topological polar surface area (TPSA) is 43.1 Å². The van der Waals surface area contributed by atoms with Crippen molar-refractivity contribution in [1.29, 1.82) is 0 Å². The van der Waals surface area contributed by atoms with Gasteiger partial charge in [0.25, 0.3) is 0 Å². The Labute approximate surface area is 110 Å². The normalized spacial score (nSPS) is 19.9. The summed E-state index contributed by atoms with van der Waals surface area (Å²) in [7, 11) is 2.05. The summed E-state index contributed by atoms with van der Waals surface area (Å²) in [6.45, 7) is 10.4. The minimum atomic E-state index is 0.205. The van der Waals surface area contributed by atoms with Gasteiger partial charge >= 0.3 is 0 Å². The molecule has 2 rings (SSSR count). The van der Waals surface area contributed by atoms with Crippen molar-refractivity contribution in [2.75, 3.05) is 39.8 Å². The average Bonchev–Trinajstić information content (AvgIpc) is 2.83. The van der Waals surface area contributed by atoms with Gasteiger partial charge in [-0.05, 0) is 24.6 Å². The number of H-pyrrole nitrogens is 1. The second-order valence-electron chi connectivity index (χ2n) is 5.86. The fourth-order valence-corrected chi connectivity index (χ4v) is 3.03. The fraction of sp³-hybridized carbons (Fsp3) is 0.714. The van der Waals surface area contributed by atoms with Crippen LogP contribution in [0.5, 0.6) is 0 Å². The monoisotopic (exact) mass is 250 g/mol. The zero-order valence-corrected chi connectivity index (χ0v) is 11.8. The van der Waals surface area contributed by atoms with E-state index in [0.29, 0.717) is 6.04 Å². The summed E-state index contributed by atoms with van der Waals surface area (Å²) in [5.41, 5.74) is 1.48. The van der Waals surface area contributed by atoms with Crippen molar-refractivity contribution in [2.24, 2.45) is 5.41 Å². The van der Waals surface area contributed by atoms with Gasteiger partial charge in [0.1, 0.15) is 0 Å². The molecule has 1 aliphatic heterocycles. The lowest BCUT2D eigenvalue weighted by atomic mass is 9.82. The molecule has 1 unspecified atom stereocenters. The van der Waals surface area contributed by atoms with Crippen LogP contribution in [0, 0.1) is 5.41 Å². The zero-order chi connectivity index (χ0) is 13.0. The second kappa shape index (κ2) is 5.87. The molecule has 18 heavy (non-hydrogen) atoms. The Hall–Kier alpha value is -0.840. The number of hydrogen-bond donors (Lipinski definition) is 3. The standard InChI is InChI=1S/C14H26N4/c1-14(2,11-18-9-7-16-8-10-18)13(15-3)12-5-4-6-17-12/h4-6,13,15-17H,7-11H2,1-3H3. The van der Waals surface area contributed by atoms with Crippen molar-refractivity contribution in [3.63, 3.8) is 0 Å². The van der Waals surface area contributed by atoms with Crippen LogP contribution in [0.2, 0.25) is 0 Å². The molecule has 1 aromatic heterocycles. The molecule has 0 aromatic carbocycles. The van der Waals surface area contributed by atoms with Gasteiger partial charge in [0, 0.05) is 44.6 Å². The van der Waals surface area contributed by atoms with Crippen molar-refractivity contribution in [1.82, 2.24) is 20.5 Å². The first-order valence-electron chi connectivity index (χ1n) is 6.87. The van der Waals surface area contributed by atoms with E-state index in [1.165, 1.54) is 5.69 Å². The molecule has 2 heterocycles. The number of nitrogens with zero attached hydrogens (tertiary/aromatic N) is 1. The number of piperazine rings is 1. The first-order chi connectivity index (χ1) is 8.63. The summed E-state index contributed by atoms with van der Waals surface area (Å²) in [6.07, 6.45) is 2.00. The molecule has 0 radical (unpaired) electrons. The Balaban J connectivity index is 2.03. The Morgan fingerprint density at radius 2 is 2.11 bits per heavy atom. The first kappa shape index (κ1) is 13.6. The SMILES string of the molecule is CNC(c1ccc[nH]1)C(C)(C)CN1CCNCC1. The molecule has 0 bridgehead atoms. The predicted molar refractivity (Wildman–Crippen MR) is 75.7 cm³/mol. The van der Waals surface area contributed by atoms with Gasteiger partial charge in [-0.25, -0.2) is 0 Å². The Kier molecular flexibility index (Phi) is 4.43. The van der Waals surface area contributed by atoms with Gasteiger partial charge < -0.3 is 20.5 Å². The summed E-state index contributed by atoms with van der Waals surface area (Å²) >= 11 is 0. The molecule has 4 heteroatoms. The van der Waals surface area contributed by atoms with E-state index in [4.69, 9.17) is 0 Å². The van der Waals surface area contributed by atoms with E-state index in [9.17, 15) is 0 Å². The van der Waals surface area contributed by atoms with Gasteiger partial charge in [-0.15, -0.1) is 0 Å². The number of nitrogens with one attached hydrogen (secondary N) is 3. The summed E-state index contributed by atoms with van der Waals surface area (Å²) in [5.74, 6) is 0.